The van der Waals surface area contributed by atoms with Crippen molar-refractivity contribution in [2.24, 2.45) is 0 Å². The van der Waals surface area contributed by atoms with Gasteiger partial charge in [-0.1, -0.05) is 23.5 Å². The highest BCUT2D eigenvalue weighted by molar-refractivity contribution is 5.97. The molecule has 1 fully saturated rings. The molecule has 0 radical (unpaired) electrons. The molecule has 0 aliphatic carbocycles. The number of rotatable bonds is 2. The second-order valence-corrected chi connectivity index (χ2v) is 5.37. The van der Waals surface area contributed by atoms with E-state index in [0.29, 0.717) is 30.6 Å². The maximum Gasteiger partial charge on any atom is 0.255 e. The fraction of sp³-hybridized carbons (Fsp3) is 0.471. The molecule has 4 nitrogen and oxygen atoms in total. The van der Waals surface area contributed by atoms with Crippen LogP contribution in [-0.2, 0) is 0 Å². The van der Waals surface area contributed by atoms with Gasteiger partial charge >= 0.3 is 0 Å². The van der Waals surface area contributed by atoms with E-state index in [4.69, 9.17) is 5.11 Å². The lowest BCUT2D eigenvalue weighted by Crippen LogP contribution is -2.42. The van der Waals surface area contributed by atoms with Crippen LogP contribution in [0.25, 0.3) is 0 Å². The number of aliphatic hydroxyl groups is 2. The zero-order valence-electron chi connectivity index (χ0n) is 12.3. The topological polar surface area (TPSA) is 60.8 Å². The molecule has 1 heterocycles. The van der Waals surface area contributed by atoms with Crippen molar-refractivity contribution in [1.82, 2.24) is 4.90 Å². The first-order chi connectivity index (χ1) is 10.1. The maximum atomic E-state index is 12.6. The van der Waals surface area contributed by atoms with Gasteiger partial charge in [-0.05, 0) is 31.9 Å². The molecule has 2 rings (SSSR count). The fourth-order valence-corrected chi connectivity index (χ4v) is 2.47. The van der Waals surface area contributed by atoms with E-state index in [1.165, 1.54) is 0 Å². The van der Waals surface area contributed by atoms with Crippen molar-refractivity contribution in [3.8, 4) is 11.8 Å². The van der Waals surface area contributed by atoms with E-state index >= 15 is 0 Å². The Balaban J connectivity index is 2.26. The molecule has 21 heavy (non-hydrogen) atoms. The van der Waals surface area contributed by atoms with Crippen LogP contribution in [0.1, 0.15) is 40.7 Å². The number of β-amino-alcohol motifs (C(OH)–C–C–N with tert-alkyl or cyclic N) is 1. The quantitative estimate of drug-likeness (QED) is 0.807. The second-order valence-electron chi connectivity index (χ2n) is 5.37. The maximum absolute atomic E-state index is 12.6. The normalized spacial score (nSPS) is 18.0. The SMILES string of the molecule is Cc1ccc(C#CCCO)c(C(=O)N2CCCC(O)C2)c1. The number of likely N-dealkylation sites (tertiary alicyclic amines) is 1. The highest BCUT2D eigenvalue weighted by atomic mass is 16.3. The highest BCUT2D eigenvalue weighted by Gasteiger charge is 2.24. The Bertz CT molecular complexity index is 571. The van der Waals surface area contributed by atoms with E-state index in [1.54, 1.807) is 4.90 Å². The third-order valence-electron chi connectivity index (χ3n) is 3.55. The average molecular weight is 287 g/mol. The van der Waals surface area contributed by atoms with Crippen molar-refractivity contribution in [3.05, 3.63) is 34.9 Å². The standard InChI is InChI=1S/C17H21NO3/c1-13-7-8-14(5-2-3-10-19)16(11-13)17(21)18-9-4-6-15(20)12-18/h7-8,11,15,19-20H,3-4,6,9-10,12H2,1H3. The number of carbonyl (C=O) groups excluding carboxylic acids is 1. The van der Waals surface area contributed by atoms with Gasteiger partial charge in [-0.15, -0.1) is 0 Å². The molecule has 4 heteroatoms. The lowest BCUT2D eigenvalue weighted by Gasteiger charge is -2.30. The Hall–Kier alpha value is -1.83. The van der Waals surface area contributed by atoms with Crippen LogP contribution in [0, 0.1) is 18.8 Å². The zero-order valence-corrected chi connectivity index (χ0v) is 12.3. The Morgan fingerprint density at radius 1 is 1.48 bits per heavy atom. The van der Waals surface area contributed by atoms with Gasteiger partial charge in [0, 0.05) is 25.1 Å². The number of carbonyl (C=O) groups is 1. The van der Waals surface area contributed by atoms with Gasteiger partial charge in [-0.2, -0.15) is 0 Å². The van der Waals surface area contributed by atoms with Crippen molar-refractivity contribution >= 4 is 5.91 Å². The summed E-state index contributed by atoms with van der Waals surface area (Å²) in [5.41, 5.74) is 2.26. The molecule has 1 aromatic carbocycles. The Morgan fingerprint density at radius 2 is 2.29 bits per heavy atom. The van der Waals surface area contributed by atoms with Gasteiger partial charge in [0.2, 0.25) is 0 Å². The zero-order chi connectivity index (χ0) is 15.2. The lowest BCUT2D eigenvalue weighted by atomic mass is 10.0. The van der Waals surface area contributed by atoms with Gasteiger partial charge in [0.25, 0.3) is 5.91 Å². The summed E-state index contributed by atoms with van der Waals surface area (Å²) < 4.78 is 0. The molecule has 0 aromatic heterocycles. The molecule has 0 spiro atoms. The largest absolute Gasteiger partial charge is 0.395 e. The minimum absolute atomic E-state index is 0.0143. The van der Waals surface area contributed by atoms with Crippen molar-refractivity contribution in [2.75, 3.05) is 19.7 Å². The third-order valence-corrected chi connectivity index (χ3v) is 3.55. The van der Waals surface area contributed by atoms with Gasteiger partial charge in [0.1, 0.15) is 0 Å². The first-order valence-electron chi connectivity index (χ1n) is 7.29. The Kier molecular flexibility index (Phi) is 5.38. The van der Waals surface area contributed by atoms with E-state index in [2.05, 4.69) is 11.8 Å². The fourth-order valence-electron chi connectivity index (χ4n) is 2.47. The first kappa shape index (κ1) is 15.6. The molecule has 1 aromatic rings. The monoisotopic (exact) mass is 287 g/mol. The van der Waals surface area contributed by atoms with E-state index in [9.17, 15) is 9.90 Å². The average Bonchev–Trinajstić information content (AvgIpc) is 2.48. The van der Waals surface area contributed by atoms with Crippen LogP contribution < -0.4 is 0 Å². The van der Waals surface area contributed by atoms with Gasteiger partial charge in [-0.25, -0.2) is 0 Å². The van der Waals surface area contributed by atoms with Crippen LogP contribution in [0.15, 0.2) is 18.2 Å². The molecule has 0 saturated carbocycles. The molecule has 0 bridgehead atoms. The summed E-state index contributed by atoms with van der Waals surface area (Å²) in [7, 11) is 0. The summed E-state index contributed by atoms with van der Waals surface area (Å²) in [6.07, 6.45) is 1.53. The summed E-state index contributed by atoms with van der Waals surface area (Å²) in [4.78, 5) is 14.3. The lowest BCUT2D eigenvalue weighted by molar-refractivity contribution is 0.0473. The van der Waals surface area contributed by atoms with Gasteiger partial charge < -0.3 is 15.1 Å². The summed E-state index contributed by atoms with van der Waals surface area (Å²) in [6.45, 7) is 3.01. The van der Waals surface area contributed by atoms with Crippen LogP contribution in [0.5, 0.6) is 0 Å². The summed E-state index contributed by atoms with van der Waals surface area (Å²) >= 11 is 0. The molecule has 1 aliphatic heterocycles. The summed E-state index contributed by atoms with van der Waals surface area (Å²) in [6, 6.07) is 5.60. The number of aryl methyl sites for hydroxylation is 1. The minimum Gasteiger partial charge on any atom is -0.395 e. The van der Waals surface area contributed by atoms with E-state index < -0.39 is 6.10 Å². The van der Waals surface area contributed by atoms with Crippen LogP contribution in [0.4, 0.5) is 0 Å². The van der Waals surface area contributed by atoms with Crippen molar-refractivity contribution < 1.29 is 15.0 Å². The van der Waals surface area contributed by atoms with Crippen molar-refractivity contribution in [3.63, 3.8) is 0 Å². The molecule has 1 amide bonds. The van der Waals surface area contributed by atoms with Crippen LogP contribution in [0.3, 0.4) is 0 Å². The predicted octanol–water partition coefficient (Wildman–Crippen LogP) is 1.33. The van der Waals surface area contributed by atoms with Crippen molar-refractivity contribution in [1.29, 1.82) is 0 Å². The van der Waals surface area contributed by atoms with E-state index in [1.807, 2.05) is 25.1 Å². The molecular formula is C17H21NO3. The Morgan fingerprint density at radius 3 is 3.00 bits per heavy atom. The smallest absolute Gasteiger partial charge is 0.255 e. The molecule has 1 unspecified atom stereocenters. The highest BCUT2D eigenvalue weighted by Crippen LogP contribution is 2.17. The summed E-state index contributed by atoms with van der Waals surface area (Å²) in [5.74, 6) is 5.73. The minimum atomic E-state index is -0.434. The number of hydrogen-bond donors (Lipinski definition) is 2. The van der Waals surface area contributed by atoms with Gasteiger partial charge in [0.15, 0.2) is 0 Å². The third kappa shape index (κ3) is 4.07. The van der Waals surface area contributed by atoms with Crippen molar-refractivity contribution in [2.45, 2.75) is 32.3 Å². The molecule has 1 aliphatic rings. The Labute approximate surface area is 125 Å². The number of benzene rings is 1. The molecule has 2 N–H and O–H groups in total. The second kappa shape index (κ2) is 7.26. The van der Waals surface area contributed by atoms with Crippen LogP contribution in [0.2, 0.25) is 0 Å². The molecule has 1 atom stereocenters. The van der Waals surface area contributed by atoms with Crippen LogP contribution >= 0.6 is 0 Å². The van der Waals surface area contributed by atoms with Crippen LogP contribution in [-0.4, -0.2) is 46.8 Å². The van der Waals surface area contributed by atoms with E-state index in [0.717, 1.165) is 18.4 Å². The van der Waals surface area contributed by atoms with Gasteiger partial charge in [-0.3, -0.25) is 4.79 Å². The number of nitrogens with zero attached hydrogens (tertiary/aromatic N) is 1. The number of amides is 1. The number of aliphatic hydroxyl groups excluding tert-OH is 2. The summed E-state index contributed by atoms with van der Waals surface area (Å²) in [5, 5.41) is 18.5. The van der Waals surface area contributed by atoms with Gasteiger partial charge in [0.05, 0.1) is 18.3 Å². The molecule has 112 valence electrons. The first-order valence-corrected chi connectivity index (χ1v) is 7.29. The predicted molar refractivity (Wildman–Crippen MR) is 80.9 cm³/mol. The van der Waals surface area contributed by atoms with E-state index in [-0.39, 0.29) is 12.5 Å². The number of piperidine rings is 1. The number of hydrogen-bond acceptors (Lipinski definition) is 3. The molecule has 1 saturated heterocycles. The molecular weight excluding hydrogens is 266 g/mol.